The van der Waals surface area contributed by atoms with Crippen LogP contribution in [-0.2, 0) is 4.79 Å². The van der Waals surface area contributed by atoms with Crippen molar-refractivity contribution in [2.75, 3.05) is 13.1 Å². The zero-order valence-electron chi connectivity index (χ0n) is 11.1. The first-order valence-electron chi connectivity index (χ1n) is 7.17. The maximum atomic E-state index is 12.1. The summed E-state index contributed by atoms with van der Waals surface area (Å²) in [5.41, 5.74) is 6.00. The number of carbonyl (C=O) groups is 1. The van der Waals surface area contributed by atoms with E-state index >= 15 is 0 Å². The van der Waals surface area contributed by atoms with Gasteiger partial charge in [0.15, 0.2) is 0 Å². The van der Waals surface area contributed by atoms with E-state index in [1.165, 1.54) is 6.42 Å². The Labute approximate surface area is 110 Å². The number of hydrogen-bond donors (Lipinski definition) is 1. The Morgan fingerprint density at radius 1 is 1.28 bits per heavy atom. The summed E-state index contributed by atoms with van der Waals surface area (Å²) in [6.45, 7) is 1.90. The average Bonchev–Trinajstić information content (AvgIpc) is 2.77. The highest BCUT2D eigenvalue weighted by Crippen LogP contribution is 2.35. The molecule has 1 heterocycles. The molecular weight excluding hydrogens is 224 g/mol. The second-order valence-electron chi connectivity index (χ2n) is 5.80. The Balaban J connectivity index is 1.74. The maximum absolute atomic E-state index is 12.1. The molecule has 3 atom stereocenters. The third-order valence-electron chi connectivity index (χ3n) is 4.40. The molecule has 2 N–H and O–H groups in total. The van der Waals surface area contributed by atoms with Crippen LogP contribution in [0.3, 0.4) is 0 Å². The van der Waals surface area contributed by atoms with Gasteiger partial charge in [0.1, 0.15) is 0 Å². The second kappa shape index (κ2) is 6.24. The van der Waals surface area contributed by atoms with Gasteiger partial charge in [0.25, 0.3) is 0 Å². The van der Waals surface area contributed by atoms with Crippen molar-refractivity contribution in [2.24, 2.45) is 17.6 Å². The zero-order valence-corrected chi connectivity index (χ0v) is 11.1. The molecule has 1 saturated heterocycles. The Bertz CT molecular complexity index is 334. The van der Waals surface area contributed by atoms with Gasteiger partial charge < -0.3 is 10.6 Å². The molecule has 1 saturated carbocycles. The fourth-order valence-electron chi connectivity index (χ4n) is 3.33. The van der Waals surface area contributed by atoms with Crippen molar-refractivity contribution in [2.45, 2.75) is 51.0 Å². The first kappa shape index (κ1) is 13.4. The lowest BCUT2D eigenvalue weighted by Crippen LogP contribution is -2.32. The molecule has 0 bridgehead atoms. The van der Waals surface area contributed by atoms with Crippen LogP contribution in [-0.4, -0.2) is 29.9 Å². The van der Waals surface area contributed by atoms with Gasteiger partial charge in [-0.15, -0.1) is 12.3 Å². The predicted octanol–water partition coefficient (Wildman–Crippen LogP) is 1.77. The lowest BCUT2D eigenvalue weighted by atomic mass is 9.79. The van der Waals surface area contributed by atoms with E-state index in [4.69, 9.17) is 12.2 Å². The van der Waals surface area contributed by atoms with E-state index in [0.717, 1.165) is 45.2 Å². The molecule has 2 fully saturated rings. The number of unbranched alkanes of at least 4 members (excludes halogenated alkanes) is 2. The molecule has 0 aromatic heterocycles. The smallest absolute Gasteiger partial charge is 0.222 e. The topological polar surface area (TPSA) is 46.3 Å². The van der Waals surface area contributed by atoms with Gasteiger partial charge in [-0.05, 0) is 43.9 Å². The van der Waals surface area contributed by atoms with E-state index in [0.29, 0.717) is 30.2 Å². The number of carbonyl (C=O) groups excluding carboxylic acids is 1. The molecule has 0 aromatic carbocycles. The zero-order chi connectivity index (χ0) is 13.0. The first-order chi connectivity index (χ1) is 8.70. The number of terminal acetylenes is 1. The van der Waals surface area contributed by atoms with Crippen LogP contribution in [0.25, 0.3) is 0 Å². The number of nitrogens with zero attached hydrogens (tertiary/aromatic N) is 1. The van der Waals surface area contributed by atoms with Crippen LogP contribution in [0.1, 0.15) is 44.9 Å². The van der Waals surface area contributed by atoms with E-state index in [1.807, 2.05) is 0 Å². The highest BCUT2D eigenvalue weighted by atomic mass is 16.2. The average molecular weight is 248 g/mol. The molecule has 1 amide bonds. The van der Waals surface area contributed by atoms with E-state index in [2.05, 4.69) is 10.8 Å². The molecule has 3 nitrogen and oxygen atoms in total. The molecule has 1 aliphatic carbocycles. The largest absolute Gasteiger partial charge is 0.342 e. The van der Waals surface area contributed by atoms with E-state index in [1.54, 1.807) is 0 Å². The fraction of sp³-hybridized carbons (Fsp3) is 0.800. The summed E-state index contributed by atoms with van der Waals surface area (Å²) in [5.74, 6) is 4.30. The summed E-state index contributed by atoms with van der Waals surface area (Å²) in [7, 11) is 0. The van der Waals surface area contributed by atoms with Crippen LogP contribution in [0.2, 0.25) is 0 Å². The summed E-state index contributed by atoms with van der Waals surface area (Å²) in [6.07, 6.45) is 12.0. The lowest BCUT2D eigenvalue weighted by molar-refractivity contribution is -0.130. The lowest BCUT2D eigenvalue weighted by Gasteiger charge is -2.27. The minimum Gasteiger partial charge on any atom is -0.342 e. The highest BCUT2D eigenvalue weighted by Gasteiger charge is 2.38. The maximum Gasteiger partial charge on any atom is 0.222 e. The standard InChI is InChI=1S/C15H24N2O/c1-2-3-4-5-6-15(18)17-10-12-7-8-14(16)9-13(12)11-17/h1,12-14H,3-11,16H2/t12-,13+,14?/m1/s1. The van der Waals surface area contributed by atoms with Crippen molar-refractivity contribution in [3.05, 3.63) is 0 Å². The van der Waals surface area contributed by atoms with E-state index in [-0.39, 0.29) is 0 Å². The Kier molecular flexibility index (Phi) is 4.66. The van der Waals surface area contributed by atoms with Gasteiger partial charge >= 0.3 is 0 Å². The van der Waals surface area contributed by atoms with Crippen molar-refractivity contribution in [1.29, 1.82) is 0 Å². The van der Waals surface area contributed by atoms with Crippen LogP contribution in [0.4, 0.5) is 0 Å². The summed E-state index contributed by atoms with van der Waals surface area (Å²) >= 11 is 0. The Hall–Kier alpha value is -1.01. The summed E-state index contributed by atoms with van der Waals surface area (Å²) in [4.78, 5) is 14.1. The van der Waals surface area contributed by atoms with Crippen molar-refractivity contribution in [1.82, 2.24) is 4.90 Å². The Morgan fingerprint density at radius 2 is 2.06 bits per heavy atom. The molecule has 2 rings (SSSR count). The van der Waals surface area contributed by atoms with Crippen molar-refractivity contribution >= 4 is 5.91 Å². The molecule has 0 radical (unpaired) electrons. The summed E-state index contributed by atoms with van der Waals surface area (Å²) in [6, 6.07) is 0.358. The number of rotatable bonds is 4. The number of amides is 1. The third kappa shape index (κ3) is 3.26. The van der Waals surface area contributed by atoms with Crippen LogP contribution in [0.5, 0.6) is 0 Å². The number of nitrogens with two attached hydrogens (primary N) is 1. The normalized spacial score (nSPS) is 30.9. The molecule has 3 heteroatoms. The van der Waals surface area contributed by atoms with Gasteiger partial charge in [-0.25, -0.2) is 0 Å². The monoisotopic (exact) mass is 248 g/mol. The molecule has 2 aliphatic rings. The van der Waals surface area contributed by atoms with Gasteiger partial charge in [-0.2, -0.15) is 0 Å². The SMILES string of the molecule is C#CCCCCC(=O)N1C[C@H]2CCC(N)C[C@H]2C1. The van der Waals surface area contributed by atoms with Crippen LogP contribution < -0.4 is 5.73 Å². The van der Waals surface area contributed by atoms with Crippen molar-refractivity contribution in [3.63, 3.8) is 0 Å². The second-order valence-corrected chi connectivity index (χ2v) is 5.80. The van der Waals surface area contributed by atoms with E-state index in [9.17, 15) is 4.79 Å². The van der Waals surface area contributed by atoms with Gasteiger partial charge in [-0.1, -0.05) is 0 Å². The molecule has 1 unspecified atom stereocenters. The molecule has 100 valence electrons. The number of likely N-dealkylation sites (tertiary alicyclic amines) is 1. The van der Waals surface area contributed by atoms with Crippen molar-refractivity contribution in [3.8, 4) is 12.3 Å². The van der Waals surface area contributed by atoms with Crippen LogP contribution in [0.15, 0.2) is 0 Å². The Morgan fingerprint density at radius 3 is 2.83 bits per heavy atom. The van der Waals surface area contributed by atoms with E-state index < -0.39 is 0 Å². The fourth-order valence-corrected chi connectivity index (χ4v) is 3.33. The predicted molar refractivity (Wildman–Crippen MR) is 72.7 cm³/mol. The quantitative estimate of drug-likeness (QED) is 0.609. The van der Waals surface area contributed by atoms with Gasteiger partial charge in [-0.3, -0.25) is 4.79 Å². The molecule has 0 aromatic rings. The van der Waals surface area contributed by atoms with Crippen LogP contribution in [0, 0.1) is 24.2 Å². The number of hydrogen-bond acceptors (Lipinski definition) is 2. The van der Waals surface area contributed by atoms with Crippen molar-refractivity contribution < 1.29 is 4.79 Å². The summed E-state index contributed by atoms with van der Waals surface area (Å²) in [5, 5.41) is 0. The first-order valence-corrected chi connectivity index (χ1v) is 7.17. The molecule has 18 heavy (non-hydrogen) atoms. The molecule has 0 spiro atoms. The minimum absolute atomic E-state index is 0.315. The third-order valence-corrected chi connectivity index (χ3v) is 4.40. The van der Waals surface area contributed by atoms with Crippen LogP contribution >= 0.6 is 0 Å². The van der Waals surface area contributed by atoms with Gasteiger partial charge in [0.2, 0.25) is 5.91 Å². The minimum atomic E-state index is 0.315. The van der Waals surface area contributed by atoms with Gasteiger partial charge in [0.05, 0.1) is 0 Å². The van der Waals surface area contributed by atoms with Gasteiger partial charge in [0, 0.05) is 32.0 Å². The number of fused-ring (bicyclic) bond motifs is 1. The molecule has 1 aliphatic heterocycles. The molecular formula is C15H24N2O. The highest BCUT2D eigenvalue weighted by molar-refractivity contribution is 5.76. The summed E-state index contributed by atoms with van der Waals surface area (Å²) < 4.78 is 0.